The van der Waals surface area contributed by atoms with Crippen LogP contribution in [0.1, 0.15) is 32.6 Å². The van der Waals surface area contributed by atoms with E-state index < -0.39 is 0 Å². The Morgan fingerprint density at radius 2 is 1.82 bits per heavy atom. The maximum Gasteiger partial charge on any atom is 0.495 e. The van der Waals surface area contributed by atoms with Gasteiger partial charge in [0.25, 0.3) is 0 Å². The van der Waals surface area contributed by atoms with Crippen LogP contribution >= 0.6 is 11.3 Å². The highest BCUT2D eigenvalue weighted by molar-refractivity contribution is 7.11. The normalized spacial score (nSPS) is 22.1. The van der Waals surface area contributed by atoms with Crippen LogP contribution in [0.25, 0.3) is 0 Å². The van der Waals surface area contributed by atoms with Crippen LogP contribution in [0.2, 0.25) is 0 Å². The highest BCUT2D eigenvalue weighted by Gasteiger charge is 2.51. The van der Waals surface area contributed by atoms with Crippen molar-refractivity contribution in [3.63, 3.8) is 0 Å². The van der Waals surface area contributed by atoms with Gasteiger partial charge in [-0.1, -0.05) is 0 Å². The van der Waals surface area contributed by atoms with Crippen molar-refractivity contribution in [3.05, 3.63) is 16.3 Å². The Labute approximate surface area is 107 Å². The molecule has 0 amide bonds. The second-order valence-electron chi connectivity index (χ2n) is 5.37. The van der Waals surface area contributed by atoms with Crippen LogP contribution in [0.15, 0.2) is 11.4 Å². The summed E-state index contributed by atoms with van der Waals surface area (Å²) in [6.07, 6.45) is 0. The van der Waals surface area contributed by atoms with E-state index in [1.54, 1.807) is 18.4 Å². The quantitative estimate of drug-likeness (QED) is 0.774. The van der Waals surface area contributed by atoms with Gasteiger partial charge in [0.1, 0.15) is 0 Å². The molecule has 0 atom stereocenters. The smallest absolute Gasteiger partial charge is 0.399 e. The molecule has 3 nitrogen and oxygen atoms in total. The Morgan fingerprint density at radius 3 is 2.35 bits per heavy atom. The van der Waals surface area contributed by atoms with Gasteiger partial charge < -0.3 is 14.0 Å². The lowest BCUT2D eigenvalue weighted by Crippen LogP contribution is -2.41. The number of methoxy groups -OCH3 is 1. The van der Waals surface area contributed by atoms with Crippen LogP contribution in [0, 0.1) is 0 Å². The zero-order valence-electron chi connectivity index (χ0n) is 11.1. The van der Waals surface area contributed by atoms with Gasteiger partial charge in [-0.15, -0.1) is 11.3 Å². The minimum Gasteiger partial charge on any atom is -0.399 e. The molecule has 1 aliphatic heterocycles. The zero-order chi connectivity index (χ0) is 12.7. The Balaban J connectivity index is 2.14. The van der Waals surface area contributed by atoms with E-state index in [0.717, 1.165) is 5.46 Å². The monoisotopic (exact) mass is 254 g/mol. The molecular formula is C12H19BO3S. The average Bonchev–Trinajstić information content (AvgIpc) is 2.71. The van der Waals surface area contributed by atoms with E-state index in [-0.39, 0.29) is 18.3 Å². The van der Waals surface area contributed by atoms with E-state index in [1.165, 1.54) is 4.88 Å². The van der Waals surface area contributed by atoms with Crippen molar-refractivity contribution in [1.29, 1.82) is 0 Å². The molecule has 2 heterocycles. The van der Waals surface area contributed by atoms with Gasteiger partial charge in [-0.05, 0) is 44.6 Å². The summed E-state index contributed by atoms with van der Waals surface area (Å²) < 4.78 is 17.1. The Kier molecular flexibility index (Phi) is 3.38. The largest absolute Gasteiger partial charge is 0.495 e. The molecule has 0 aliphatic carbocycles. The predicted octanol–water partition coefficient (Wildman–Crippen LogP) is 2.19. The van der Waals surface area contributed by atoms with Gasteiger partial charge in [0.05, 0.1) is 17.8 Å². The number of rotatable bonds is 3. The van der Waals surface area contributed by atoms with Crippen LogP contribution in [-0.4, -0.2) is 25.4 Å². The number of hydrogen-bond donors (Lipinski definition) is 0. The van der Waals surface area contributed by atoms with Crippen molar-refractivity contribution in [2.45, 2.75) is 45.5 Å². The topological polar surface area (TPSA) is 27.7 Å². The first-order valence-corrected chi connectivity index (χ1v) is 6.65. The van der Waals surface area contributed by atoms with Crippen molar-refractivity contribution in [2.75, 3.05) is 7.11 Å². The molecular weight excluding hydrogens is 235 g/mol. The highest BCUT2D eigenvalue weighted by Crippen LogP contribution is 2.36. The van der Waals surface area contributed by atoms with Gasteiger partial charge in [-0.3, -0.25) is 0 Å². The summed E-state index contributed by atoms with van der Waals surface area (Å²) in [4.78, 5) is 1.19. The van der Waals surface area contributed by atoms with Crippen LogP contribution in [-0.2, 0) is 20.7 Å². The first kappa shape index (κ1) is 13.1. The molecule has 0 spiro atoms. The maximum absolute atomic E-state index is 5.99. The van der Waals surface area contributed by atoms with Gasteiger partial charge in [-0.25, -0.2) is 0 Å². The van der Waals surface area contributed by atoms with Crippen molar-refractivity contribution >= 4 is 23.9 Å². The fourth-order valence-corrected chi connectivity index (χ4v) is 2.57. The summed E-state index contributed by atoms with van der Waals surface area (Å²) in [6, 6.07) is 2.09. The summed E-state index contributed by atoms with van der Waals surface area (Å²) in [5.74, 6) is 0. The van der Waals surface area contributed by atoms with E-state index in [2.05, 4.69) is 39.1 Å². The molecule has 1 saturated heterocycles. The van der Waals surface area contributed by atoms with E-state index in [4.69, 9.17) is 14.0 Å². The first-order chi connectivity index (χ1) is 7.86. The summed E-state index contributed by atoms with van der Waals surface area (Å²) >= 11 is 1.68. The molecule has 0 radical (unpaired) electrons. The van der Waals surface area contributed by atoms with Crippen LogP contribution < -0.4 is 5.46 Å². The third kappa shape index (κ3) is 2.43. The van der Waals surface area contributed by atoms with Gasteiger partial charge in [0, 0.05) is 12.0 Å². The second kappa shape index (κ2) is 4.39. The summed E-state index contributed by atoms with van der Waals surface area (Å²) in [5, 5.41) is 2.08. The zero-order valence-corrected chi connectivity index (χ0v) is 11.9. The Morgan fingerprint density at radius 1 is 1.24 bits per heavy atom. The molecule has 0 saturated carbocycles. The molecule has 94 valence electrons. The Bertz CT molecular complexity index is 384. The van der Waals surface area contributed by atoms with Crippen LogP contribution in [0.4, 0.5) is 0 Å². The summed E-state index contributed by atoms with van der Waals surface area (Å²) in [6.45, 7) is 8.90. The lowest BCUT2D eigenvalue weighted by atomic mass is 9.81. The third-order valence-corrected chi connectivity index (χ3v) is 4.41. The molecule has 0 bridgehead atoms. The fraction of sp³-hybridized carbons (Fsp3) is 0.667. The second-order valence-corrected chi connectivity index (χ2v) is 6.36. The average molecular weight is 254 g/mol. The van der Waals surface area contributed by atoms with Crippen molar-refractivity contribution in [1.82, 2.24) is 0 Å². The predicted molar refractivity (Wildman–Crippen MR) is 70.7 cm³/mol. The maximum atomic E-state index is 5.99. The number of thiophene rings is 1. The molecule has 5 heteroatoms. The molecule has 2 rings (SSSR count). The van der Waals surface area contributed by atoms with Gasteiger partial charge in [0.15, 0.2) is 0 Å². The third-order valence-electron chi connectivity index (χ3n) is 3.49. The van der Waals surface area contributed by atoms with Gasteiger partial charge in [0.2, 0.25) is 0 Å². The molecule has 17 heavy (non-hydrogen) atoms. The van der Waals surface area contributed by atoms with E-state index in [1.807, 2.05) is 0 Å². The van der Waals surface area contributed by atoms with Crippen molar-refractivity contribution in [2.24, 2.45) is 0 Å². The molecule has 1 aromatic heterocycles. The lowest BCUT2D eigenvalue weighted by molar-refractivity contribution is 0.00578. The Hall–Kier alpha value is -0.355. The first-order valence-electron chi connectivity index (χ1n) is 5.77. The van der Waals surface area contributed by atoms with E-state index in [9.17, 15) is 0 Å². The van der Waals surface area contributed by atoms with Gasteiger partial charge in [-0.2, -0.15) is 0 Å². The number of ether oxygens (including phenoxy) is 1. The SMILES string of the molecule is COCc1cc(B2OC(C)(C)C(C)(C)O2)cs1. The van der Waals surface area contributed by atoms with Crippen molar-refractivity contribution in [3.8, 4) is 0 Å². The van der Waals surface area contributed by atoms with Crippen molar-refractivity contribution < 1.29 is 14.0 Å². The number of hydrogen-bond acceptors (Lipinski definition) is 4. The molecule has 0 unspecified atom stereocenters. The van der Waals surface area contributed by atoms with Gasteiger partial charge >= 0.3 is 7.12 Å². The minimum absolute atomic E-state index is 0.262. The molecule has 1 fully saturated rings. The van der Waals surface area contributed by atoms with E-state index >= 15 is 0 Å². The van der Waals surface area contributed by atoms with Crippen LogP contribution in [0.5, 0.6) is 0 Å². The summed E-state index contributed by atoms with van der Waals surface area (Å²) in [7, 11) is 1.44. The molecule has 1 aliphatic rings. The van der Waals surface area contributed by atoms with E-state index in [0.29, 0.717) is 6.61 Å². The lowest BCUT2D eigenvalue weighted by Gasteiger charge is -2.32. The molecule has 1 aromatic rings. The fourth-order valence-electron chi connectivity index (χ4n) is 1.72. The minimum atomic E-state index is -0.277. The molecule has 0 N–H and O–H groups in total. The van der Waals surface area contributed by atoms with Crippen LogP contribution in [0.3, 0.4) is 0 Å². The molecule has 0 aromatic carbocycles. The summed E-state index contributed by atoms with van der Waals surface area (Å²) in [5.41, 5.74) is 0.530. The standard InChI is InChI=1S/C12H19BO3S/c1-11(2)12(3,4)16-13(15-11)9-6-10(7-14-5)17-8-9/h6,8H,7H2,1-5H3. The highest BCUT2D eigenvalue weighted by atomic mass is 32.1.